The van der Waals surface area contributed by atoms with Crippen molar-refractivity contribution in [2.45, 2.75) is 44.2 Å². The van der Waals surface area contributed by atoms with E-state index >= 15 is 0 Å². The summed E-state index contributed by atoms with van der Waals surface area (Å²) in [6, 6.07) is 29.1. The topological polar surface area (TPSA) is 127 Å². The van der Waals surface area contributed by atoms with Gasteiger partial charge in [-0.1, -0.05) is 36.4 Å². The molecule has 1 aromatic heterocycles. The SMILES string of the molecule is O=C(Cc1ccc(Oc2ccc3cc(OC4CCC(NC(=O)c5cccnc5)CC4)ccc3c2)cc1)Nc1ccccc1C(=O)O. The average molecular weight is 616 g/mol. The molecule has 3 N–H and O–H groups in total. The van der Waals surface area contributed by atoms with Crippen LogP contribution < -0.4 is 20.1 Å². The van der Waals surface area contributed by atoms with E-state index in [0.717, 1.165) is 47.8 Å². The molecular formula is C37H33N3O6. The number of carbonyl (C=O) groups excluding carboxylic acids is 2. The number of carboxylic acids is 1. The van der Waals surface area contributed by atoms with Crippen LogP contribution in [0, 0.1) is 0 Å². The van der Waals surface area contributed by atoms with Gasteiger partial charge in [-0.25, -0.2) is 4.79 Å². The summed E-state index contributed by atoms with van der Waals surface area (Å²) >= 11 is 0. The molecule has 5 aromatic rings. The maximum absolute atomic E-state index is 12.5. The van der Waals surface area contributed by atoms with Gasteiger partial charge >= 0.3 is 5.97 Å². The molecular weight excluding hydrogens is 582 g/mol. The number of hydrogen-bond donors (Lipinski definition) is 3. The summed E-state index contributed by atoms with van der Waals surface area (Å²) in [5.41, 5.74) is 1.65. The Labute approximate surface area is 266 Å². The zero-order chi connectivity index (χ0) is 31.9. The first-order valence-corrected chi connectivity index (χ1v) is 15.2. The van der Waals surface area contributed by atoms with E-state index in [9.17, 15) is 19.5 Å². The first kappa shape index (κ1) is 30.3. The molecule has 1 heterocycles. The fourth-order valence-electron chi connectivity index (χ4n) is 5.59. The maximum atomic E-state index is 12.5. The normalized spacial score (nSPS) is 15.9. The van der Waals surface area contributed by atoms with Gasteiger partial charge in [-0.3, -0.25) is 14.6 Å². The minimum atomic E-state index is -1.10. The van der Waals surface area contributed by atoms with Crippen LogP contribution in [-0.4, -0.2) is 40.0 Å². The number of pyridine rings is 1. The number of amides is 2. The second-order valence-electron chi connectivity index (χ2n) is 11.3. The van der Waals surface area contributed by atoms with Crippen LogP contribution in [0.3, 0.4) is 0 Å². The van der Waals surface area contributed by atoms with Crippen LogP contribution in [0.25, 0.3) is 10.8 Å². The number of nitrogens with one attached hydrogen (secondary N) is 2. The van der Waals surface area contributed by atoms with Crippen LogP contribution in [0.1, 0.15) is 52.0 Å². The van der Waals surface area contributed by atoms with Crippen LogP contribution in [-0.2, 0) is 11.2 Å². The molecule has 0 bridgehead atoms. The highest BCUT2D eigenvalue weighted by Crippen LogP contribution is 2.30. The molecule has 1 aliphatic carbocycles. The van der Waals surface area contributed by atoms with E-state index in [1.54, 1.807) is 54.9 Å². The first-order chi connectivity index (χ1) is 22.4. The summed E-state index contributed by atoms with van der Waals surface area (Å²) < 4.78 is 12.4. The Morgan fingerprint density at radius 2 is 1.48 bits per heavy atom. The van der Waals surface area contributed by atoms with Crippen LogP contribution in [0.5, 0.6) is 17.2 Å². The first-order valence-electron chi connectivity index (χ1n) is 15.2. The summed E-state index contributed by atoms with van der Waals surface area (Å²) in [4.78, 5) is 40.4. The van der Waals surface area contributed by atoms with Gasteiger partial charge in [0.15, 0.2) is 0 Å². The van der Waals surface area contributed by atoms with Crippen molar-refractivity contribution in [3.63, 3.8) is 0 Å². The van der Waals surface area contributed by atoms with Gasteiger partial charge in [0, 0.05) is 18.4 Å². The second kappa shape index (κ2) is 13.9. The third-order valence-electron chi connectivity index (χ3n) is 7.97. The number of fused-ring (bicyclic) bond motifs is 1. The van der Waals surface area contributed by atoms with E-state index in [2.05, 4.69) is 15.6 Å². The molecule has 1 fully saturated rings. The Hall–Kier alpha value is -5.70. The Kier molecular flexibility index (Phi) is 9.19. The number of rotatable bonds is 10. The number of ether oxygens (including phenoxy) is 2. The second-order valence-corrected chi connectivity index (χ2v) is 11.3. The summed E-state index contributed by atoms with van der Waals surface area (Å²) in [5, 5.41) is 17.2. The smallest absolute Gasteiger partial charge is 0.337 e. The molecule has 9 heteroatoms. The molecule has 2 amide bonds. The number of aromatic nitrogens is 1. The van der Waals surface area contributed by atoms with Crippen molar-refractivity contribution >= 4 is 34.2 Å². The lowest BCUT2D eigenvalue weighted by Gasteiger charge is -2.29. The van der Waals surface area contributed by atoms with Gasteiger partial charge in [-0.05, 0) is 103 Å². The van der Waals surface area contributed by atoms with Crippen molar-refractivity contribution < 1.29 is 29.0 Å². The van der Waals surface area contributed by atoms with Crippen LogP contribution in [0.4, 0.5) is 5.69 Å². The van der Waals surface area contributed by atoms with Crippen molar-refractivity contribution in [1.82, 2.24) is 10.3 Å². The van der Waals surface area contributed by atoms with Gasteiger partial charge in [0.1, 0.15) is 17.2 Å². The van der Waals surface area contributed by atoms with Crippen molar-refractivity contribution in [3.8, 4) is 17.2 Å². The highest BCUT2D eigenvalue weighted by molar-refractivity contribution is 6.01. The lowest BCUT2D eigenvalue weighted by molar-refractivity contribution is -0.115. The molecule has 9 nitrogen and oxygen atoms in total. The zero-order valence-corrected chi connectivity index (χ0v) is 25.0. The summed E-state index contributed by atoms with van der Waals surface area (Å²) in [7, 11) is 0. The number of carboxylic acid groups (broad SMARTS) is 1. The van der Waals surface area contributed by atoms with E-state index in [1.807, 2.05) is 48.5 Å². The van der Waals surface area contributed by atoms with E-state index in [4.69, 9.17) is 9.47 Å². The number of nitrogens with zero attached hydrogens (tertiary/aromatic N) is 1. The highest BCUT2D eigenvalue weighted by Gasteiger charge is 2.24. The molecule has 0 saturated heterocycles. The highest BCUT2D eigenvalue weighted by atomic mass is 16.5. The molecule has 46 heavy (non-hydrogen) atoms. The molecule has 0 aliphatic heterocycles. The third kappa shape index (κ3) is 7.68. The lowest BCUT2D eigenvalue weighted by atomic mass is 9.92. The Bertz CT molecular complexity index is 1850. The van der Waals surface area contributed by atoms with Gasteiger partial charge < -0.3 is 25.2 Å². The number of benzene rings is 4. The minimum Gasteiger partial charge on any atom is -0.490 e. The summed E-state index contributed by atoms with van der Waals surface area (Å²) in [5.74, 6) is 0.637. The van der Waals surface area contributed by atoms with Gasteiger partial charge in [-0.15, -0.1) is 0 Å². The van der Waals surface area contributed by atoms with Crippen LogP contribution in [0.15, 0.2) is 109 Å². The number of anilines is 1. The Morgan fingerprint density at radius 1 is 0.783 bits per heavy atom. The molecule has 0 atom stereocenters. The minimum absolute atomic E-state index is 0.0437. The monoisotopic (exact) mass is 615 g/mol. The fourth-order valence-corrected chi connectivity index (χ4v) is 5.59. The van der Waals surface area contributed by atoms with Crippen molar-refractivity contribution in [2.24, 2.45) is 0 Å². The van der Waals surface area contributed by atoms with E-state index in [1.165, 1.54) is 6.07 Å². The largest absolute Gasteiger partial charge is 0.490 e. The Balaban J connectivity index is 0.995. The van der Waals surface area contributed by atoms with Gasteiger partial charge in [0.2, 0.25) is 5.91 Å². The number of aromatic carboxylic acids is 1. The van der Waals surface area contributed by atoms with Crippen LogP contribution >= 0.6 is 0 Å². The number of hydrogen-bond acceptors (Lipinski definition) is 6. The molecule has 0 spiro atoms. The standard InChI is InChI=1S/C37H33N3O6/c41-35(40-34-6-2-1-5-33(34)37(43)44)20-24-7-13-29(14-8-24)45-31-15-9-26-22-32(16-10-25(26)21-31)46-30-17-11-28(12-18-30)39-36(42)27-4-3-19-38-23-27/h1-10,13-16,19,21-23,28,30H,11-12,17-18,20H2,(H,39,42)(H,40,41)(H,43,44). The summed E-state index contributed by atoms with van der Waals surface area (Å²) in [6.45, 7) is 0. The Morgan fingerprint density at radius 3 is 2.20 bits per heavy atom. The predicted molar refractivity (Wildman–Crippen MR) is 175 cm³/mol. The molecule has 6 rings (SSSR count). The quantitative estimate of drug-likeness (QED) is 0.154. The lowest BCUT2D eigenvalue weighted by Crippen LogP contribution is -2.39. The van der Waals surface area contributed by atoms with E-state index in [0.29, 0.717) is 17.1 Å². The van der Waals surface area contributed by atoms with E-state index in [-0.39, 0.29) is 41.6 Å². The molecule has 1 aliphatic rings. The van der Waals surface area contributed by atoms with Crippen LogP contribution in [0.2, 0.25) is 0 Å². The van der Waals surface area contributed by atoms with Gasteiger partial charge in [0.05, 0.1) is 29.3 Å². The molecule has 0 radical (unpaired) electrons. The van der Waals surface area contributed by atoms with E-state index < -0.39 is 5.97 Å². The van der Waals surface area contributed by atoms with Crippen molar-refractivity contribution in [2.75, 3.05) is 5.32 Å². The maximum Gasteiger partial charge on any atom is 0.337 e. The molecule has 0 unspecified atom stereocenters. The van der Waals surface area contributed by atoms with Crippen molar-refractivity contribution in [1.29, 1.82) is 0 Å². The molecule has 4 aromatic carbocycles. The predicted octanol–water partition coefficient (Wildman–Crippen LogP) is 7.03. The zero-order valence-electron chi connectivity index (χ0n) is 25.0. The molecule has 232 valence electrons. The van der Waals surface area contributed by atoms with Gasteiger partial charge in [-0.2, -0.15) is 0 Å². The van der Waals surface area contributed by atoms with Gasteiger partial charge in [0.25, 0.3) is 5.91 Å². The fraction of sp³-hybridized carbons (Fsp3) is 0.189. The third-order valence-corrected chi connectivity index (χ3v) is 7.97. The van der Waals surface area contributed by atoms with Crippen molar-refractivity contribution in [3.05, 3.63) is 126 Å². The summed E-state index contributed by atoms with van der Waals surface area (Å²) in [6.07, 6.45) is 6.88. The average Bonchev–Trinajstić information content (AvgIpc) is 3.07. The number of carbonyl (C=O) groups is 3. The molecule has 1 saturated carbocycles. The number of para-hydroxylation sites is 1.